The molecule has 8 heteroatoms. The number of para-hydroxylation sites is 2. The zero-order valence-corrected chi connectivity index (χ0v) is 11.9. The van der Waals surface area contributed by atoms with Gasteiger partial charge < -0.3 is 15.8 Å². The van der Waals surface area contributed by atoms with Crippen molar-refractivity contribution in [3.05, 3.63) is 24.3 Å². The Balaban J connectivity index is 2.73. The van der Waals surface area contributed by atoms with Crippen molar-refractivity contribution in [3.63, 3.8) is 0 Å². The van der Waals surface area contributed by atoms with Crippen LogP contribution in [0.25, 0.3) is 0 Å². The Bertz CT molecular complexity index is 584. The molecule has 0 aliphatic rings. The van der Waals surface area contributed by atoms with E-state index in [2.05, 4.69) is 17.5 Å². The monoisotopic (exact) mass is 302 g/mol. The van der Waals surface area contributed by atoms with Crippen LogP contribution >= 0.6 is 12.2 Å². The van der Waals surface area contributed by atoms with Crippen LogP contribution in [0.3, 0.4) is 0 Å². The second-order valence-corrected chi connectivity index (χ2v) is 6.34. The number of hydrogen-bond acceptors (Lipinski definition) is 5. The average Bonchev–Trinajstić information content (AvgIpc) is 2.26. The third-order valence-corrected chi connectivity index (χ3v) is 3.87. The van der Waals surface area contributed by atoms with E-state index in [4.69, 9.17) is 10.5 Å². The molecule has 0 aliphatic carbocycles. The largest absolute Gasteiger partial charge is 0.495 e. The Morgan fingerprint density at radius 3 is 2.58 bits per heavy atom. The summed E-state index contributed by atoms with van der Waals surface area (Å²) >= 11 is 4.51. The molecule has 104 valence electrons. The fraction of sp³-hybridized carbons (Fsp3) is 0.273. The molecule has 1 aromatic carbocycles. The summed E-state index contributed by atoms with van der Waals surface area (Å²) in [4.78, 5) is 11.5. The summed E-state index contributed by atoms with van der Waals surface area (Å²) in [7, 11) is -2.19. The number of hydrogen-bond donors (Lipinski definition) is 2. The van der Waals surface area contributed by atoms with Crippen LogP contribution < -0.4 is 15.8 Å². The first-order chi connectivity index (χ1) is 8.84. The van der Waals surface area contributed by atoms with Crippen LogP contribution in [0.15, 0.2) is 24.3 Å². The molecule has 1 aromatic rings. The van der Waals surface area contributed by atoms with E-state index in [1.165, 1.54) is 7.11 Å². The maximum absolute atomic E-state index is 11.6. The lowest BCUT2D eigenvalue weighted by Crippen LogP contribution is -2.29. The lowest BCUT2D eigenvalue weighted by molar-refractivity contribution is -0.113. The zero-order valence-electron chi connectivity index (χ0n) is 10.3. The predicted molar refractivity (Wildman–Crippen MR) is 77.1 cm³/mol. The number of carbonyl (C=O) groups excluding carboxylic acids is 1. The highest BCUT2D eigenvalue weighted by molar-refractivity contribution is 7.94. The molecule has 0 unspecified atom stereocenters. The fourth-order valence-electron chi connectivity index (χ4n) is 1.40. The Morgan fingerprint density at radius 2 is 2.00 bits per heavy atom. The molecule has 0 spiro atoms. The van der Waals surface area contributed by atoms with E-state index in [0.29, 0.717) is 11.4 Å². The second kappa shape index (κ2) is 6.48. The third kappa shape index (κ3) is 5.23. The summed E-state index contributed by atoms with van der Waals surface area (Å²) in [6.45, 7) is 0. The number of methoxy groups -OCH3 is 1. The number of ether oxygens (including phenoxy) is 1. The van der Waals surface area contributed by atoms with Crippen LogP contribution in [-0.2, 0) is 14.6 Å². The molecule has 0 radical (unpaired) electrons. The first-order valence-corrected chi connectivity index (χ1v) is 7.48. The minimum absolute atomic E-state index is 0.162. The van der Waals surface area contributed by atoms with Gasteiger partial charge in [0.1, 0.15) is 17.3 Å². The lowest BCUT2D eigenvalue weighted by atomic mass is 10.3. The number of benzene rings is 1. The van der Waals surface area contributed by atoms with Gasteiger partial charge in [-0.1, -0.05) is 24.4 Å². The molecule has 3 N–H and O–H groups in total. The molecule has 0 saturated carbocycles. The SMILES string of the molecule is COc1ccccc1NC(=O)CS(=O)(=O)CC(N)=S. The van der Waals surface area contributed by atoms with Crippen LogP contribution in [0.4, 0.5) is 5.69 Å². The molecule has 0 aromatic heterocycles. The summed E-state index contributed by atoms with van der Waals surface area (Å²) in [5, 5.41) is 2.46. The maximum Gasteiger partial charge on any atom is 0.239 e. The molecule has 0 fully saturated rings. The number of amides is 1. The van der Waals surface area contributed by atoms with E-state index >= 15 is 0 Å². The molecule has 6 nitrogen and oxygen atoms in total. The van der Waals surface area contributed by atoms with Gasteiger partial charge in [-0.3, -0.25) is 4.79 Å². The smallest absolute Gasteiger partial charge is 0.239 e. The lowest BCUT2D eigenvalue weighted by Gasteiger charge is -2.09. The molecule has 0 atom stereocenters. The number of nitrogens with two attached hydrogens (primary N) is 1. The van der Waals surface area contributed by atoms with Crippen molar-refractivity contribution in [1.82, 2.24) is 0 Å². The number of thiocarbonyl (C=S) groups is 1. The molecule has 0 saturated heterocycles. The van der Waals surface area contributed by atoms with Crippen molar-refractivity contribution >= 4 is 38.6 Å². The molecular weight excluding hydrogens is 288 g/mol. The first kappa shape index (κ1) is 15.4. The van der Waals surface area contributed by atoms with Gasteiger partial charge in [0.25, 0.3) is 0 Å². The topological polar surface area (TPSA) is 98.5 Å². The van der Waals surface area contributed by atoms with Crippen LogP contribution in [0.5, 0.6) is 5.75 Å². The van der Waals surface area contributed by atoms with Gasteiger partial charge in [0.15, 0.2) is 9.84 Å². The standard InChI is InChI=1S/C11H14N2O4S2/c1-17-9-5-3-2-4-8(9)13-11(14)7-19(15,16)6-10(12)18/h2-5H,6-7H2,1H3,(H2,12,18)(H,13,14). The first-order valence-electron chi connectivity index (χ1n) is 5.25. The molecule has 0 aliphatic heterocycles. The summed E-state index contributed by atoms with van der Waals surface area (Å²) in [5.41, 5.74) is 5.56. The Kier molecular flexibility index (Phi) is 5.25. The maximum atomic E-state index is 11.6. The van der Waals surface area contributed by atoms with Crippen molar-refractivity contribution in [2.75, 3.05) is 23.9 Å². The zero-order chi connectivity index (χ0) is 14.5. The highest BCUT2D eigenvalue weighted by Gasteiger charge is 2.18. The van der Waals surface area contributed by atoms with E-state index < -0.39 is 27.3 Å². The average molecular weight is 302 g/mol. The third-order valence-electron chi connectivity index (χ3n) is 2.09. The van der Waals surface area contributed by atoms with Crippen molar-refractivity contribution in [2.45, 2.75) is 0 Å². The van der Waals surface area contributed by atoms with Crippen molar-refractivity contribution in [2.24, 2.45) is 5.73 Å². The van der Waals surface area contributed by atoms with Crippen molar-refractivity contribution in [3.8, 4) is 5.75 Å². The molecule has 19 heavy (non-hydrogen) atoms. The van der Waals surface area contributed by atoms with E-state index in [-0.39, 0.29) is 4.99 Å². The van der Waals surface area contributed by atoms with Crippen molar-refractivity contribution < 1.29 is 17.9 Å². The Labute approximate surface area is 116 Å². The molecular formula is C11H14N2O4S2. The van der Waals surface area contributed by atoms with Gasteiger partial charge in [-0.15, -0.1) is 0 Å². The molecule has 0 bridgehead atoms. The van der Waals surface area contributed by atoms with E-state index in [1.807, 2.05) is 0 Å². The van der Waals surface area contributed by atoms with Gasteiger partial charge in [0.05, 0.1) is 17.8 Å². The summed E-state index contributed by atoms with van der Waals surface area (Å²) < 4.78 is 28.1. The van der Waals surface area contributed by atoms with Crippen molar-refractivity contribution in [1.29, 1.82) is 0 Å². The van der Waals surface area contributed by atoms with Crippen LogP contribution in [0, 0.1) is 0 Å². The van der Waals surface area contributed by atoms with Gasteiger partial charge in [0.2, 0.25) is 5.91 Å². The van der Waals surface area contributed by atoms with E-state index in [9.17, 15) is 13.2 Å². The van der Waals surface area contributed by atoms with Crippen LogP contribution in [0.2, 0.25) is 0 Å². The Hall–Kier alpha value is -1.67. The minimum atomic E-state index is -3.64. The second-order valence-electron chi connectivity index (χ2n) is 3.75. The van der Waals surface area contributed by atoms with Gasteiger partial charge in [-0.2, -0.15) is 0 Å². The van der Waals surface area contributed by atoms with Gasteiger partial charge in [0, 0.05) is 0 Å². The molecule has 1 amide bonds. The number of rotatable bonds is 6. The molecule has 0 heterocycles. The van der Waals surface area contributed by atoms with Gasteiger partial charge >= 0.3 is 0 Å². The number of sulfone groups is 1. The predicted octanol–water partition coefficient (Wildman–Crippen LogP) is 0.335. The highest BCUT2D eigenvalue weighted by Crippen LogP contribution is 2.22. The van der Waals surface area contributed by atoms with Gasteiger partial charge in [-0.05, 0) is 12.1 Å². The summed E-state index contributed by atoms with van der Waals surface area (Å²) in [6, 6.07) is 6.69. The summed E-state index contributed by atoms with van der Waals surface area (Å²) in [6.07, 6.45) is 0. The van der Waals surface area contributed by atoms with E-state index in [1.54, 1.807) is 24.3 Å². The number of anilines is 1. The van der Waals surface area contributed by atoms with Crippen LogP contribution in [0.1, 0.15) is 0 Å². The minimum Gasteiger partial charge on any atom is -0.495 e. The number of nitrogens with one attached hydrogen (secondary N) is 1. The fourth-order valence-corrected chi connectivity index (χ4v) is 2.95. The highest BCUT2D eigenvalue weighted by atomic mass is 32.2. The molecule has 1 rings (SSSR count). The van der Waals surface area contributed by atoms with E-state index in [0.717, 1.165) is 0 Å². The number of carbonyl (C=O) groups is 1. The van der Waals surface area contributed by atoms with Crippen LogP contribution in [-0.4, -0.2) is 37.9 Å². The quantitative estimate of drug-likeness (QED) is 0.735. The normalized spacial score (nSPS) is 10.8. The van der Waals surface area contributed by atoms with Gasteiger partial charge in [-0.25, -0.2) is 8.42 Å². The summed E-state index contributed by atoms with van der Waals surface area (Å²) in [5.74, 6) is -1.38. The Morgan fingerprint density at radius 1 is 1.37 bits per heavy atom.